The van der Waals surface area contributed by atoms with E-state index in [1.807, 2.05) is 19.1 Å². The Kier molecular flexibility index (Phi) is 13.2. The van der Waals surface area contributed by atoms with Crippen LogP contribution in [0, 0.1) is 0 Å². The van der Waals surface area contributed by atoms with E-state index < -0.39 is 5.97 Å². The topological polar surface area (TPSA) is 37.3 Å². The van der Waals surface area contributed by atoms with E-state index in [-0.39, 0.29) is 0 Å². The zero-order chi connectivity index (χ0) is 15.1. The van der Waals surface area contributed by atoms with E-state index in [9.17, 15) is 4.79 Å². The lowest BCUT2D eigenvalue weighted by Gasteiger charge is -1.98. The zero-order valence-corrected chi connectivity index (χ0v) is 13.1. The van der Waals surface area contributed by atoms with Crippen LogP contribution in [-0.4, -0.2) is 11.1 Å². The Morgan fingerprint density at radius 1 is 0.900 bits per heavy atom. The van der Waals surface area contributed by atoms with E-state index in [1.54, 1.807) is 12.2 Å². The minimum absolute atomic E-state index is 0.446. The maximum absolute atomic E-state index is 10.7. The molecule has 0 radical (unpaired) electrons. The maximum Gasteiger partial charge on any atom is 0.331 e. The van der Waals surface area contributed by atoms with Gasteiger partial charge in [-0.1, -0.05) is 82.8 Å². The van der Waals surface area contributed by atoms with Crippen molar-refractivity contribution in [1.82, 2.24) is 0 Å². The number of carboxylic acids is 1. The van der Waals surface area contributed by atoms with Gasteiger partial charge in [-0.15, -0.1) is 0 Å². The summed E-state index contributed by atoms with van der Waals surface area (Å²) in [7, 11) is 0. The van der Waals surface area contributed by atoms with Crippen LogP contribution in [0.5, 0.6) is 0 Å². The summed E-state index contributed by atoms with van der Waals surface area (Å²) in [6.45, 7) is 4.09. The average Bonchev–Trinajstić information content (AvgIpc) is 2.43. The number of aliphatic carboxylic acids is 1. The normalized spacial score (nSPS) is 12.6. The molecule has 0 saturated heterocycles. The number of unbranched alkanes of at least 4 members (excludes halogenated alkanes) is 7. The molecule has 0 aromatic rings. The summed E-state index contributed by atoms with van der Waals surface area (Å²) < 4.78 is 0. The van der Waals surface area contributed by atoms with Gasteiger partial charge in [-0.05, 0) is 19.3 Å². The van der Waals surface area contributed by atoms with Crippen LogP contribution in [0.4, 0.5) is 0 Å². The van der Waals surface area contributed by atoms with Gasteiger partial charge in [-0.2, -0.15) is 0 Å². The molecular formula is C18H30O2. The second kappa shape index (κ2) is 14.1. The molecule has 2 nitrogen and oxygen atoms in total. The van der Waals surface area contributed by atoms with Crippen LogP contribution in [0.15, 0.2) is 36.0 Å². The molecule has 20 heavy (non-hydrogen) atoms. The summed E-state index contributed by atoms with van der Waals surface area (Å²) >= 11 is 0. The molecule has 0 aliphatic rings. The lowest BCUT2D eigenvalue weighted by Crippen LogP contribution is -1.97. The maximum atomic E-state index is 10.7. The van der Waals surface area contributed by atoms with E-state index in [2.05, 4.69) is 13.0 Å². The van der Waals surface area contributed by atoms with Crippen molar-refractivity contribution in [2.24, 2.45) is 0 Å². The average molecular weight is 278 g/mol. The summed E-state index contributed by atoms with van der Waals surface area (Å²) in [6, 6.07) is 0. The van der Waals surface area contributed by atoms with Gasteiger partial charge in [-0.25, -0.2) is 4.79 Å². The summed E-state index contributed by atoms with van der Waals surface area (Å²) in [6.07, 6.45) is 20.5. The minimum atomic E-state index is -0.829. The molecule has 0 saturated carbocycles. The Hall–Kier alpha value is -1.31. The Morgan fingerprint density at radius 3 is 2.15 bits per heavy atom. The van der Waals surface area contributed by atoms with Gasteiger partial charge < -0.3 is 5.11 Å². The third kappa shape index (κ3) is 11.8. The van der Waals surface area contributed by atoms with Crippen molar-refractivity contribution in [2.75, 3.05) is 0 Å². The van der Waals surface area contributed by atoms with Crippen LogP contribution >= 0.6 is 0 Å². The summed E-state index contributed by atoms with van der Waals surface area (Å²) in [4.78, 5) is 10.7. The van der Waals surface area contributed by atoms with Crippen molar-refractivity contribution in [3.8, 4) is 0 Å². The van der Waals surface area contributed by atoms with E-state index in [1.165, 1.54) is 44.9 Å². The van der Waals surface area contributed by atoms with Crippen molar-refractivity contribution in [3.63, 3.8) is 0 Å². The number of allylic oxidation sites excluding steroid dienone is 5. The minimum Gasteiger partial charge on any atom is -0.478 e. The van der Waals surface area contributed by atoms with E-state index >= 15 is 0 Å². The fraction of sp³-hybridized carbons (Fsp3) is 0.611. The van der Waals surface area contributed by atoms with Crippen LogP contribution in [-0.2, 0) is 4.79 Å². The van der Waals surface area contributed by atoms with Gasteiger partial charge in [0.2, 0.25) is 0 Å². The zero-order valence-electron chi connectivity index (χ0n) is 13.1. The fourth-order valence-corrected chi connectivity index (χ4v) is 1.97. The molecule has 1 N–H and O–H groups in total. The van der Waals surface area contributed by atoms with Gasteiger partial charge >= 0.3 is 5.97 Å². The molecule has 0 fully saturated rings. The first-order valence-electron chi connectivity index (χ1n) is 7.98. The molecule has 0 aliphatic heterocycles. The highest BCUT2D eigenvalue weighted by atomic mass is 16.4. The first-order chi connectivity index (χ1) is 9.72. The molecule has 0 unspecified atom stereocenters. The predicted molar refractivity (Wildman–Crippen MR) is 86.9 cm³/mol. The standard InChI is InChI=1S/C18H30O2/c1-3-5-6-7-8-9-10-11-12-13-14-15-16-17(4-2)18(19)20/h12-16H,3-11H2,1-2H3,(H,19,20). The van der Waals surface area contributed by atoms with Crippen LogP contribution in [0.1, 0.15) is 71.6 Å². The number of rotatable bonds is 12. The molecular weight excluding hydrogens is 248 g/mol. The Balaban J connectivity index is 3.59. The van der Waals surface area contributed by atoms with Gasteiger partial charge in [0.25, 0.3) is 0 Å². The molecule has 2 heteroatoms. The molecule has 0 atom stereocenters. The quantitative estimate of drug-likeness (QED) is 0.284. The largest absolute Gasteiger partial charge is 0.478 e. The number of hydrogen-bond donors (Lipinski definition) is 1. The SMILES string of the molecule is CCCCCCCCCC=CC=CC=C(CC)C(=O)O. The van der Waals surface area contributed by atoms with Crippen LogP contribution < -0.4 is 0 Å². The third-order valence-electron chi connectivity index (χ3n) is 3.29. The van der Waals surface area contributed by atoms with Crippen LogP contribution in [0.2, 0.25) is 0 Å². The van der Waals surface area contributed by atoms with Crippen LogP contribution in [0.25, 0.3) is 0 Å². The van der Waals surface area contributed by atoms with Crippen molar-refractivity contribution >= 4 is 5.97 Å². The van der Waals surface area contributed by atoms with Gasteiger partial charge in [0.05, 0.1) is 0 Å². The summed E-state index contributed by atoms with van der Waals surface area (Å²) in [5.74, 6) is -0.829. The van der Waals surface area contributed by atoms with Crippen molar-refractivity contribution in [1.29, 1.82) is 0 Å². The molecule has 0 heterocycles. The Labute approximate surface area is 124 Å². The highest BCUT2D eigenvalue weighted by molar-refractivity contribution is 5.86. The van der Waals surface area contributed by atoms with Crippen LogP contribution in [0.3, 0.4) is 0 Å². The molecule has 0 amide bonds. The van der Waals surface area contributed by atoms with Gasteiger partial charge in [-0.3, -0.25) is 0 Å². The highest BCUT2D eigenvalue weighted by Crippen LogP contribution is 2.08. The monoisotopic (exact) mass is 278 g/mol. The molecule has 0 spiro atoms. The predicted octanol–water partition coefficient (Wildman–Crippen LogP) is 5.66. The Bertz CT molecular complexity index is 324. The van der Waals surface area contributed by atoms with Crippen molar-refractivity contribution in [3.05, 3.63) is 36.0 Å². The molecule has 0 aromatic heterocycles. The van der Waals surface area contributed by atoms with Crippen molar-refractivity contribution < 1.29 is 9.90 Å². The van der Waals surface area contributed by atoms with Gasteiger partial charge in [0.15, 0.2) is 0 Å². The first kappa shape index (κ1) is 18.7. The molecule has 0 rings (SSSR count). The lowest BCUT2D eigenvalue weighted by atomic mass is 10.1. The Morgan fingerprint density at radius 2 is 1.55 bits per heavy atom. The molecule has 0 bridgehead atoms. The fourth-order valence-electron chi connectivity index (χ4n) is 1.97. The summed E-state index contributed by atoms with van der Waals surface area (Å²) in [5.41, 5.74) is 0.446. The van der Waals surface area contributed by atoms with E-state index in [0.717, 1.165) is 6.42 Å². The number of carbonyl (C=O) groups is 1. The lowest BCUT2D eigenvalue weighted by molar-refractivity contribution is -0.132. The van der Waals surface area contributed by atoms with Gasteiger partial charge in [0, 0.05) is 5.57 Å². The van der Waals surface area contributed by atoms with Gasteiger partial charge in [0.1, 0.15) is 0 Å². The number of carboxylic acid groups (broad SMARTS) is 1. The molecule has 0 aromatic carbocycles. The highest BCUT2D eigenvalue weighted by Gasteiger charge is 2.00. The first-order valence-corrected chi connectivity index (χ1v) is 7.98. The third-order valence-corrected chi connectivity index (χ3v) is 3.29. The van der Waals surface area contributed by atoms with E-state index in [4.69, 9.17) is 5.11 Å². The van der Waals surface area contributed by atoms with Crippen molar-refractivity contribution in [2.45, 2.75) is 71.6 Å². The second-order valence-corrected chi connectivity index (χ2v) is 5.07. The van der Waals surface area contributed by atoms with E-state index in [0.29, 0.717) is 12.0 Å². The molecule has 0 aliphatic carbocycles. The number of hydrogen-bond acceptors (Lipinski definition) is 1. The smallest absolute Gasteiger partial charge is 0.331 e. The summed E-state index contributed by atoms with van der Waals surface area (Å²) in [5, 5.41) is 8.83. The second-order valence-electron chi connectivity index (χ2n) is 5.07. The molecule has 114 valence electrons.